The molecule has 0 unspecified atom stereocenters. The Balaban J connectivity index is 1.97. The molecule has 2 heterocycles. The predicted molar refractivity (Wildman–Crippen MR) is 63.9 cm³/mol. The van der Waals surface area contributed by atoms with Crippen molar-refractivity contribution in [1.29, 1.82) is 0 Å². The molecule has 0 aliphatic rings. The second kappa shape index (κ2) is 5.80. The predicted octanol–water partition coefficient (Wildman–Crippen LogP) is -1.36. The van der Waals surface area contributed by atoms with Gasteiger partial charge in [-0.05, 0) is 0 Å². The second-order valence-electron chi connectivity index (χ2n) is 3.08. The summed E-state index contributed by atoms with van der Waals surface area (Å²) in [6.45, 7) is 1.90. The third-order valence-corrected chi connectivity index (χ3v) is 5.06. The second-order valence-corrected chi connectivity index (χ2v) is 6.81. The number of halogens is 2. The molecule has 84 valence electrons. The van der Waals surface area contributed by atoms with Gasteiger partial charge in [0.1, 0.15) is 0 Å². The summed E-state index contributed by atoms with van der Waals surface area (Å²) in [6, 6.07) is 0. The Morgan fingerprint density at radius 1 is 1.06 bits per heavy atom. The van der Waals surface area contributed by atoms with Crippen LogP contribution in [-0.4, -0.2) is 19.9 Å². The Labute approximate surface area is 118 Å². The minimum atomic E-state index is -0.0820. The van der Waals surface area contributed by atoms with Gasteiger partial charge in [-0.1, -0.05) is 0 Å². The molecule has 2 aromatic rings. The molecule has 0 spiro atoms. The van der Waals surface area contributed by atoms with Gasteiger partial charge in [-0.2, -0.15) is 0 Å². The van der Waals surface area contributed by atoms with Gasteiger partial charge in [0.25, 0.3) is 0 Å². The molecular formula is C10H9I2N4-. The van der Waals surface area contributed by atoms with Gasteiger partial charge in [-0.3, -0.25) is 0 Å². The van der Waals surface area contributed by atoms with Crippen molar-refractivity contribution in [2.75, 3.05) is 0 Å². The molecule has 4 nitrogen and oxygen atoms in total. The molecule has 0 saturated heterocycles. The van der Waals surface area contributed by atoms with Crippen molar-refractivity contribution in [2.45, 2.75) is 11.4 Å². The van der Waals surface area contributed by atoms with Crippen LogP contribution in [0.2, 0.25) is 0 Å². The van der Waals surface area contributed by atoms with Crippen LogP contribution in [0, 0.1) is 14.3 Å². The summed E-state index contributed by atoms with van der Waals surface area (Å²) in [5.74, 6) is 0.824. The first-order chi connectivity index (χ1) is 7.74. The molecule has 0 atom stereocenters. The SMILES string of the molecule is Cc1ncc([I-]Cc2cnc(I)nc2)cn1. The van der Waals surface area contributed by atoms with E-state index in [2.05, 4.69) is 42.5 Å². The molecule has 2 rings (SSSR count). The molecule has 0 bridgehead atoms. The first kappa shape index (κ1) is 12.1. The monoisotopic (exact) mass is 439 g/mol. The van der Waals surface area contributed by atoms with Crippen molar-refractivity contribution in [3.05, 3.63) is 43.6 Å². The Kier molecular flexibility index (Phi) is 4.38. The molecule has 0 radical (unpaired) electrons. The van der Waals surface area contributed by atoms with E-state index >= 15 is 0 Å². The Bertz CT molecular complexity index is 410. The van der Waals surface area contributed by atoms with Crippen molar-refractivity contribution in [1.82, 2.24) is 19.9 Å². The molecule has 16 heavy (non-hydrogen) atoms. The maximum absolute atomic E-state index is 4.19. The van der Waals surface area contributed by atoms with Gasteiger partial charge in [0.2, 0.25) is 0 Å². The summed E-state index contributed by atoms with van der Waals surface area (Å²) in [6.07, 6.45) is 7.62. The maximum atomic E-state index is 4.19. The fraction of sp³-hybridized carbons (Fsp3) is 0.200. The van der Waals surface area contributed by atoms with E-state index in [4.69, 9.17) is 0 Å². The van der Waals surface area contributed by atoms with Crippen LogP contribution in [0.5, 0.6) is 0 Å². The fourth-order valence-electron chi connectivity index (χ4n) is 1.01. The molecular weight excluding hydrogens is 430 g/mol. The van der Waals surface area contributed by atoms with Crippen molar-refractivity contribution in [3.8, 4) is 0 Å². The molecule has 0 fully saturated rings. The number of alkyl halides is 1. The van der Waals surface area contributed by atoms with Gasteiger partial charge in [0.05, 0.1) is 0 Å². The van der Waals surface area contributed by atoms with Crippen LogP contribution in [0.15, 0.2) is 24.8 Å². The van der Waals surface area contributed by atoms with E-state index < -0.39 is 0 Å². The summed E-state index contributed by atoms with van der Waals surface area (Å²) in [7, 11) is 0. The fourth-order valence-corrected chi connectivity index (χ4v) is 3.23. The zero-order valence-electron chi connectivity index (χ0n) is 8.56. The standard InChI is InChI=1S/C10H9I2N4/c1-7-13-5-9(6-14-7)12-2-8-3-15-10(11)16-4-8/h3-6H,2H2,1H3/q-1. The van der Waals surface area contributed by atoms with Crippen molar-refractivity contribution in [3.63, 3.8) is 0 Å². The van der Waals surface area contributed by atoms with Gasteiger partial charge >= 0.3 is 119 Å². The zero-order chi connectivity index (χ0) is 11.4. The van der Waals surface area contributed by atoms with E-state index in [1.807, 2.05) is 31.7 Å². The Morgan fingerprint density at radius 3 is 2.31 bits per heavy atom. The number of nitrogens with zero attached hydrogens (tertiary/aromatic N) is 4. The van der Waals surface area contributed by atoms with Crippen LogP contribution < -0.4 is 21.2 Å². The van der Waals surface area contributed by atoms with Crippen LogP contribution >= 0.6 is 22.6 Å². The number of hydrogen-bond donors (Lipinski definition) is 0. The Hall–Kier alpha value is -0.380. The number of aryl methyl sites for hydroxylation is 1. The summed E-state index contributed by atoms with van der Waals surface area (Å²) < 4.78 is 3.07. The van der Waals surface area contributed by atoms with E-state index in [0.29, 0.717) is 0 Å². The Morgan fingerprint density at radius 2 is 1.69 bits per heavy atom. The van der Waals surface area contributed by atoms with Crippen LogP contribution in [0.3, 0.4) is 0 Å². The molecule has 0 saturated carbocycles. The molecule has 0 aromatic carbocycles. The van der Waals surface area contributed by atoms with E-state index in [0.717, 1.165) is 14.1 Å². The molecule has 0 aliphatic heterocycles. The minimum absolute atomic E-state index is 0.0820. The van der Waals surface area contributed by atoms with Gasteiger partial charge in [0.15, 0.2) is 0 Å². The molecule has 6 heteroatoms. The van der Waals surface area contributed by atoms with E-state index in [1.54, 1.807) is 0 Å². The first-order valence-corrected chi connectivity index (χ1v) is 8.26. The first-order valence-electron chi connectivity index (χ1n) is 4.58. The third-order valence-electron chi connectivity index (χ3n) is 1.80. The average Bonchev–Trinajstić information content (AvgIpc) is 2.30. The van der Waals surface area contributed by atoms with Crippen LogP contribution in [0.25, 0.3) is 0 Å². The quantitative estimate of drug-likeness (QED) is 0.337. The zero-order valence-corrected chi connectivity index (χ0v) is 12.9. The van der Waals surface area contributed by atoms with Crippen molar-refractivity contribution >= 4 is 22.6 Å². The molecule has 0 aliphatic carbocycles. The summed E-state index contributed by atoms with van der Waals surface area (Å²) in [5.41, 5.74) is 1.19. The summed E-state index contributed by atoms with van der Waals surface area (Å²) in [4.78, 5) is 16.7. The number of rotatable bonds is 3. The van der Waals surface area contributed by atoms with E-state index in [-0.39, 0.29) is 21.2 Å². The normalized spacial score (nSPS) is 10.6. The number of hydrogen-bond acceptors (Lipinski definition) is 4. The molecule has 2 aromatic heterocycles. The van der Waals surface area contributed by atoms with E-state index in [1.165, 1.54) is 9.13 Å². The van der Waals surface area contributed by atoms with Gasteiger partial charge in [0, 0.05) is 0 Å². The average molecular weight is 439 g/mol. The topological polar surface area (TPSA) is 51.6 Å². The molecule has 0 amide bonds. The van der Waals surface area contributed by atoms with Crippen molar-refractivity contribution in [2.24, 2.45) is 0 Å². The molecule has 0 N–H and O–H groups in total. The van der Waals surface area contributed by atoms with Crippen LogP contribution in [0.4, 0.5) is 0 Å². The van der Waals surface area contributed by atoms with Crippen molar-refractivity contribution < 1.29 is 21.2 Å². The van der Waals surface area contributed by atoms with E-state index in [9.17, 15) is 0 Å². The third kappa shape index (κ3) is 3.58. The van der Waals surface area contributed by atoms with Gasteiger partial charge < -0.3 is 0 Å². The number of aromatic nitrogens is 4. The summed E-state index contributed by atoms with van der Waals surface area (Å²) >= 11 is 2.02. The van der Waals surface area contributed by atoms with Crippen LogP contribution in [0.1, 0.15) is 11.4 Å². The van der Waals surface area contributed by atoms with Gasteiger partial charge in [-0.15, -0.1) is 0 Å². The van der Waals surface area contributed by atoms with Crippen LogP contribution in [-0.2, 0) is 4.43 Å². The van der Waals surface area contributed by atoms with Gasteiger partial charge in [-0.25, -0.2) is 0 Å². The summed E-state index contributed by atoms with van der Waals surface area (Å²) in [5, 5.41) is 0.